The molecule has 1 rings (SSSR count). The fourth-order valence-electron chi connectivity index (χ4n) is 0.412. The summed E-state index contributed by atoms with van der Waals surface area (Å²) in [5.41, 5.74) is 0. The third-order valence-electron chi connectivity index (χ3n) is 0.600. The standard InChI is InChI=1S/Ba.H3N.H3O9P3.H2O/c;;1-10(2)7-11(3,4)9-12(5,6)8-10;/h;1H3;(H,1,2)(H,3,4)(H,5,6);1H2/q+2;;;/p-2. The zero-order valence-electron chi connectivity index (χ0n) is 7.22. The maximum atomic E-state index is 10.2. The van der Waals surface area contributed by atoms with Crippen molar-refractivity contribution in [2.45, 2.75) is 0 Å². The molecule has 0 aliphatic carbocycles. The van der Waals surface area contributed by atoms with Crippen LogP contribution in [0, 0.1) is 0 Å². The van der Waals surface area contributed by atoms with E-state index in [1.54, 1.807) is 0 Å². The molecule has 11 nitrogen and oxygen atoms in total. The summed E-state index contributed by atoms with van der Waals surface area (Å²) in [5.74, 6) is 0. The monoisotopic (exact) mass is 411 g/mol. The molecule has 15 heavy (non-hydrogen) atoms. The van der Waals surface area contributed by atoms with Gasteiger partial charge in [-0.2, -0.15) is 0 Å². The van der Waals surface area contributed by atoms with E-state index < -0.39 is 23.5 Å². The van der Waals surface area contributed by atoms with Gasteiger partial charge < -0.3 is 26.3 Å². The van der Waals surface area contributed by atoms with Crippen molar-refractivity contribution >= 4 is 72.3 Å². The van der Waals surface area contributed by atoms with Gasteiger partial charge in [0.1, 0.15) is 0 Å². The minimum Gasteiger partial charge on any atom is -0.756 e. The van der Waals surface area contributed by atoms with Crippen LogP contribution in [0.15, 0.2) is 0 Å². The predicted octanol–water partition coefficient (Wildman–Crippen LogP) is -2.37. The molecule has 1 heterocycles. The second kappa shape index (κ2) is 6.76. The summed E-state index contributed by atoms with van der Waals surface area (Å²) in [6.07, 6.45) is 0. The number of rotatable bonds is 0. The van der Waals surface area contributed by atoms with Crippen molar-refractivity contribution in [2.24, 2.45) is 0 Å². The van der Waals surface area contributed by atoms with Gasteiger partial charge in [0.2, 0.25) is 0 Å². The molecule has 1 fully saturated rings. The second-order valence-electron chi connectivity index (χ2n) is 1.59. The molecule has 0 unspecified atom stereocenters. The van der Waals surface area contributed by atoms with Crippen LogP contribution in [-0.2, 0) is 26.6 Å². The molecule has 0 radical (unpaired) electrons. The van der Waals surface area contributed by atoms with Gasteiger partial charge in [-0.1, -0.05) is 0 Å². The normalized spacial score (nSPS) is 44.2. The van der Waals surface area contributed by atoms with Crippen LogP contribution < -0.4 is 20.8 Å². The summed E-state index contributed by atoms with van der Waals surface area (Å²) in [4.78, 5) is 30.7. The Kier molecular flexibility index (Phi) is 9.99. The Bertz CT molecular complexity index is 265. The SMILES string of the molecule is O.O=P1([O-])OP(=O)([O-])OP(=O)([O-])O1.[Ba+2].[NH4+]. The molecule has 88 valence electrons. The first-order valence-corrected chi connectivity index (χ1v) is 6.57. The summed E-state index contributed by atoms with van der Waals surface area (Å²) < 4.78 is 40.3. The molecule has 0 aromatic rings. The predicted molar refractivity (Wildman–Crippen MR) is 41.4 cm³/mol. The maximum absolute atomic E-state index is 10.2. The Hall–Kier alpha value is 1.94. The number of hydrogen-bond donors (Lipinski definition) is 1. The fraction of sp³-hybridized carbons (Fsp3) is 0. The van der Waals surface area contributed by atoms with Crippen molar-refractivity contribution in [1.29, 1.82) is 0 Å². The molecule has 6 N–H and O–H groups in total. The van der Waals surface area contributed by atoms with Crippen LogP contribution in [0.25, 0.3) is 0 Å². The Balaban J connectivity index is -0.000000480. The van der Waals surface area contributed by atoms with Crippen molar-refractivity contribution in [3.8, 4) is 0 Å². The molecular weight excluding hydrogens is 404 g/mol. The summed E-state index contributed by atoms with van der Waals surface area (Å²) >= 11 is 0. The van der Waals surface area contributed by atoms with Gasteiger partial charge in [-0.25, -0.2) is 12.9 Å². The van der Waals surface area contributed by atoms with Crippen LogP contribution in [0.3, 0.4) is 0 Å². The van der Waals surface area contributed by atoms with E-state index in [2.05, 4.69) is 12.9 Å². The van der Waals surface area contributed by atoms with Gasteiger partial charge in [-0.05, 0) is 0 Å². The van der Waals surface area contributed by atoms with E-state index in [1.807, 2.05) is 0 Å². The van der Waals surface area contributed by atoms with E-state index >= 15 is 0 Å². The topological polar surface area (TPSA) is 216 Å². The average Bonchev–Trinajstić information content (AvgIpc) is 1.44. The van der Waals surface area contributed by atoms with Gasteiger partial charge in [0.25, 0.3) is 23.5 Å². The summed E-state index contributed by atoms with van der Waals surface area (Å²) in [6, 6.07) is 0. The van der Waals surface area contributed by atoms with Crippen molar-refractivity contribution in [2.75, 3.05) is 0 Å². The largest absolute Gasteiger partial charge is 2.00 e. The first-order valence-electron chi connectivity index (χ1n) is 2.19. The Morgan fingerprint density at radius 2 is 0.867 bits per heavy atom. The van der Waals surface area contributed by atoms with E-state index in [4.69, 9.17) is 0 Å². The molecule has 1 aliphatic rings. The molecule has 0 amide bonds. The van der Waals surface area contributed by atoms with Crippen LogP contribution >= 0.6 is 23.5 Å². The summed E-state index contributed by atoms with van der Waals surface area (Å²) in [5, 5.41) is 0. The molecular formula is H6BaNO10P3. The number of hydrogen-bond acceptors (Lipinski definition) is 9. The van der Waals surface area contributed by atoms with Crippen LogP contribution in [0.1, 0.15) is 0 Å². The van der Waals surface area contributed by atoms with E-state index in [0.29, 0.717) is 0 Å². The molecule has 0 aromatic carbocycles. The van der Waals surface area contributed by atoms with Gasteiger partial charge in [-0.3, -0.25) is 13.7 Å². The van der Waals surface area contributed by atoms with Gasteiger partial charge in [0, 0.05) is 0 Å². The number of quaternary nitrogens is 1. The molecule has 0 spiro atoms. The first kappa shape index (κ1) is 22.2. The van der Waals surface area contributed by atoms with Gasteiger partial charge >= 0.3 is 48.9 Å². The van der Waals surface area contributed by atoms with Crippen LogP contribution in [0.5, 0.6) is 0 Å². The smallest absolute Gasteiger partial charge is 0.756 e. The van der Waals surface area contributed by atoms with Crippen molar-refractivity contribution < 1.29 is 46.8 Å². The van der Waals surface area contributed by atoms with E-state index in [-0.39, 0.29) is 60.5 Å². The minimum atomic E-state index is -5.36. The zero-order valence-corrected chi connectivity index (χ0v) is 14.3. The Morgan fingerprint density at radius 1 is 0.733 bits per heavy atom. The quantitative estimate of drug-likeness (QED) is 0.333. The summed E-state index contributed by atoms with van der Waals surface area (Å²) in [6.45, 7) is 0. The van der Waals surface area contributed by atoms with Crippen molar-refractivity contribution in [1.82, 2.24) is 6.15 Å². The Morgan fingerprint density at radius 3 is 1.00 bits per heavy atom. The molecule has 15 heteroatoms. The molecule has 0 atom stereocenters. The van der Waals surface area contributed by atoms with Crippen LogP contribution in [0.2, 0.25) is 0 Å². The summed E-state index contributed by atoms with van der Waals surface area (Å²) in [7, 11) is -16.1. The van der Waals surface area contributed by atoms with Crippen LogP contribution in [0.4, 0.5) is 0 Å². The van der Waals surface area contributed by atoms with E-state index in [1.165, 1.54) is 0 Å². The third kappa shape index (κ3) is 7.79. The second-order valence-corrected chi connectivity index (χ2v) is 6.23. The van der Waals surface area contributed by atoms with Crippen LogP contribution in [-0.4, -0.2) is 54.4 Å². The minimum absolute atomic E-state index is 0. The van der Waals surface area contributed by atoms with E-state index in [9.17, 15) is 28.4 Å². The molecule has 0 aromatic heterocycles. The Labute approximate surface area is 124 Å². The zero-order chi connectivity index (χ0) is 9.62. The third-order valence-corrected chi connectivity index (χ3v) is 5.40. The van der Waals surface area contributed by atoms with Gasteiger partial charge in [0.05, 0.1) is 0 Å². The van der Waals surface area contributed by atoms with E-state index in [0.717, 1.165) is 0 Å². The molecule has 1 aliphatic heterocycles. The van der Waals surface area contributed by atoms with Crippen molar-refractivity contribution in [3.63, 3.8) is 0 Å². The first-order chi connectivity index (χ1) is 5.12. The van der Waals surface area contributed by atoms with Gasteiger partial charge in [0.15, 0.2) is 0 Å². The number of phosphoric acid groups is 3. The average molecular weight is 410 g/mol. The molecule has 0 bridgehead atoms. The molecule has 0 saturated carbocycles. The van der Waals surface area contributed by atoms with Crippen molar-refractivity contribution in [3.05, 3.63) is 0 Å². The maximum Gasteiger partial charge on any atom is 2.00 e. The molecule has 1 saturated heterocycles. The fourth-order valence-corrected chi connectivity index (χ4v) is 4.51. The van der Waals surface area contributed by atoms with Gasteiger partial charge in [-0.15, -0.1) is 0 Å².